The maximum Gasteiger partial charge on any atom is 0.416 e. The molecule has 0 saturated carbocycles. The summed E-state index contributed by atoms with van der Waals surface area (Å²) in [5, 5.41) is 15.0. The molecule has 7 nitrogen and oxygen atoms in total. The number of aliphatic hydroxyl groups excluding tert-OH is 1. The summed E-state index contributed by atoms with van der Waals surface area (Å²) in [6.07, 6.45) is -4.74. The van der Waals surface area contributed by atoms with Crippen molar-refractivity contribution in [3.63, 3.8) is 0 Å². The Kier molecular flexibility index (Phi) is 11.5. The van der Waals surface area contributed by atoms with Crippen molar-refractivity contribution in [3.8, 4) is 11.4 Å². The van der Waals surface area contributed by atoms with Crippen LogP contribution < -0.4 is 5.32 Å². The number of aryl methyl sites for hydroxylation is 1. The van der Waals surface area contributed by atoms with E-state index in [1.807, 2.05) is 37.3 Å². The molecule has 244 valence electrons. The number of aromatic nitrogens is 2. The molecule has 1 aliphatic heterocycles. The van der Waals surface area contributed by atoms with Crippen LogP contribution >= 0.6 is 23.2 Å². The highest BCUT2D eigenvalue weighted by atomic mass is 35.5. The maximum absolute atomic E-state index is 13.3. The normalized spacial score (nSPS) is 15.2. The SMILES string of the molecule is Cc1nc(-c2ccccc2)nc(Nc2cc(Cl)cc(Cl)c2)c1COCC(O)CN1CCN(CCc2ccccc2C(F)(F)F)CC1. The Morgan fingerprint density at radius 2 is 1.57 bits per heavy atom. The number of β-amino-alcohol motifs (C(OH)–C–C–N with tert-alkyl or cyclic N) is 1. The molecule has 5 rings (SSSR count). The summed E-state index contributed by atoms with van der Waals surface area (Å²) >= 11 is 12.5. The lowest BCUT2D eigenvalue weighted by molar-refractivity contribution is -0.138. The molecule has 1 saturated heterocycles. The maximum atomic E-state index is 13.3. The molecule has 2 N–H and O–H groups in total. The molecule has 0 radical (unpaired) electrons. The molecule has 12 heteroatoms. The zero-order chi connectivity index (χ0) is 32.7. The molecule has 2 heterocycles. The number of aliphatic hydroxyl groups is 1. The van der Waals surface area contributed by atoms with Crippen LogP contribution in [0.3, 0.4) is 0 Å². The number of alkyl halides is 3. The van der Waals surface area contributed by atoms with E-state index >= 15 is 0 Å². The largest absolute Gasteiger partial charge is 0.416 e. The van der Waals surface area contributed by atoms with Gasteiger partial charge in [-0.25, -0.2) is 9.97 Å². The predicted octanol–water partition coefficient (Wildman–Crippen LogP) is 7.26. The predicted molar refractivity (Wildman–Crippen MR) is 176 cm³/mol. The van der Waals surface area contributed by atoms with Crippen molar-refractivity contribution in [1.82, 2.24) is 19.8 Å². The highest BCUT2D eigenvalue weighted by Gasteiger charge is 2.33. The first-order valence-electron chi connectivity index (χ1n) is 15.1. The Hall–Kier alpha value is -3.25. The molecule has 0 bridgehead atoms. The lowest BCUT2D eigenvalue weighted by atomic mass is 10.0. The third-order valence-corrected chi connectivity index (χ3v) is 8.32. The summed E-state index contributed by atoms with van der Waals surface area (Å²) in [4.78, 5) is 13.8. The standard InChI is InChI=1S/C34H36Cl2F3N5O2/c1-23-30(33(41-28-18-26(35)17-27(36)19-28)42-32(40-23)25-8-3-2-4-9-25)22-46-21-29(45)20-44-15-13-43(14-16-44)12-11-24-7-5-6-10-31(24)34(37,38)39/h2-10,17-19,29,45H,11-16,20-22H2,1H3,(H,40,41,42). The van der Waals surface area contributed by atoms with Gasteiger partial charge in [0.25, 0.3) is 0 Å². The monoisotopic (exact) mass is 673 g/mol. The van der Waals surface area contributed by atoms with E-state index in [4.69, 9.17) is 37.9 Å². The van der Waals surface area contributed by atoms with E-state index in [9.17, 15) is 18.3 Å². The van der Waals surface area contributed by atoms with Gasteiger partial charge in [0.05, 0.1) is 24.9 Å². The van der Waals surface area contributed by atoms with Gasteiger partial charge >= 0.3 is 6.18 Å². The number of hydrogen-bond donors (Lipinski definition) is 2. The molecule has 1 aromatic heterocycles. The number of halogens is 5. The lowest BCUT2D eigenvalue weighted by Gasteiger charge is -2.35. The summed E-state index contributed by atoms with van der Waals surface area (Å²) in [5.74, 6) is 1.11. The Morgan fingerprint density at radius 3 is 2.26 bits per heavy atom. The first-order valence-corrected chi connectivity index (χ1v) is 15.8. The third kappa shape index (κ3) is 9.40. The summed E-state index contributed by atoms with van der Waals surface area (Å²) in [6, 6.07) is 20.6. The second-order valence-corrected chi connectivity index (χ2v) is 12.2. The molecule has 3 aromatic carbocycles. The van der Waals surface area contributed by atoms with Crippen LogP contribution in [0.1, 0.15) is 22.4 Å². The van der Waals surface area contributed by atoms with Crippen molar-refractivity contribution in [2.24, 2.45) is 0 Å². The van der Waals surface area contributed by atoms with E-state index in [0.29, 0.717) is 78.6 Å². The van der Waals surface area contributed by atoms with Gasteiger partial charge in [0.1, 0.15) is 5.82 Å². The molecule has 1 unspecified atom stereocenters. The molecule has 1 fully saturated rings. The Morgan fingerprint density at radius 1 is 0.913 bits per heavy atom. The van der Waals surface area contributed by atoms with Gasteiger partial charge in [-0.2, -0.15) is 13.2 Å². The molecular formula is C34H36Cl2F3N5O2. The summed E-state index contributed by atoms with van der Waals surface area (Å²) in [6.45, 7) is 6.00. The molecule has 0 aliphatic carbocycles. The number of ether oxygens (including phenoxy) is 1. The van der Waals surface area contributed by atoms with Gasteiger partial charge in [0.2, 0.25) is 0 Å². The van der Waals surface area contributed by atoms with Crippen LogP contribution in [-0.2, 0) is 23.9 Å². The minimum absolute atomic E-state index is 0.108. The van der Waals surface area contributed by atoms with Gasteiger partial charge in [0.15, 0.2) is 5.82 Å². The number of hydrogen-bond acceptors (Lipinski definition) is 7. The van der Waals surface area contributed by atoms with Gasteiger partial charge in [-0.3, -0.25) is 4.90 Å². The summed E-state index contributed by atoms with van der Waals surface area (Å²) < 4.78 is 46.0. The Balaban J connectivity index is 1.14. The average molecular weight is 675 g/mol. The van der Waals surface area contributed by atoms with Crippen molar-refractivity contribution in [1.29, 1.82) is 0 Å². The zero-order valence-corrected chi connectivity index (χ0v) is 26.9. The van der Waals surface area contributed by atoms with Crippen LogP contribution in [0.5, 0.6) is 0 Å². The van der Waals surface area contributed by atoms with Crippen molar-refractivity contribution >= 4 is 34.7 Å². The van der Waals surface area contributed by atoms with E-state index in [1.54, 1.807) is 30.3 Å². The fourth-order valence-electron chi connectivity index (χ4n) is 5.49. The number of nitrogens with one attached hydrogen (secondary N) is 1. The van der Waals surface area contributed by atoms with Crippen LogP contribution in [0.15, 0.2) is 72.8 Å². The third-order valence-electron chi connectivity index (χ3n) is 7.88. The van der Waals surface area contributed by atoms with Crippen molar-refractivity contribution in [2.75, 3.05) is 51.2 Å². The van der Waals surface area contributed by atoms with E-state index in [2.05, 4.69) is 15.1 Å². The topological polar surface area (TPSA) is 73.8 Å². The Labute approximate surface area is 276 Å². The summed E-state index contributed by atoms with van der Waals surface area (Å²) in [7, 11) is 0. The Bertz CT molecular complexity index is 1580. The molecule has 0 spiro atoms. The zero-order valence-electron chi connectivity index (χ0n) is 25.4. The number of anilines is 2. The highest BCUT2D eigenvalue weighted by molar-refractivity contribution is 6.35. The number of rotatable bonds is 12. The molecule has 46 heavy (non-hydrogen) atoms. The van der Waals surface area contributed by atoms with Gasteiger partial charge in [-0.05, 0) is 43.2 Å². The van der Waals surface area contributed by atoms with Crippen LogP contribution in [0.2, 0.25) is 10.0 Å². The van der Waals surface area contributed by atoms with E-state index in [0.717, 1.165) is 22.9 Å². The van der Waals surface area contributed by atoms with Crippen molar-refractivity contribution < 1.29 is 23.0 Å². The van der Waals surface area contributed by atoms with E-state index in [1.165, 1.54) is 6.07 Å². The van der Waals surface area contributed by atoms with Crippen LogP contribution in [-0.4, -0.2) is 76.9 Å². The van der Waals surface area contributed by atoms with Crippen molar-refractivity contribution in [2.45, 2.75) is 32.2 Å². The molecular weight excluding hydrogens is 638 g/mol. The average Bonchev–Trinajstić information content (AvgIpc) is 3.01. The van der Waals surface area contributed by atoms with Crippen LogP contribution in [0, 0.1) is 6.92 Å². The minimum atomic E-state index is -4.35. The molecule has 4 aromatic rings. The molecule has 0 amide bonds. The van der Waals surface area contributed by atoms with Gasteiger partial charge in [-0.1, -0.05) is 71.7 Å². The first-order chi connectivity index (χ1) is 22.0. The fourth-order valence-corrected chi connectivity index (χ4v) is 6.01. The van der Waals surface area contributed by atoms with Crippen LogP contribution in [0.25, 0.3) is 11.4 Å². The quantitative estimate of drug-likeness (QED) is 0.164. The van der Waals surface area contributed by atoms with Crippen LogP contribution in [0.4, 0.5) is 24.7 Å². The van der Waals surface area contributed by atoms with Gasteiger partial charge < -0.3 is 20.1 Å². The second-order valence-electron chi connectivity index (χ2n) is 11.3. The number of nitrogens with zero attached hydrogens (tertiary/aromatic N) is 4. The smallest absolute Gasteiger partial charge is 0.389 e. The van der Waals surface area contributed by atoms with E-state index in [-0.39, 0.29) is 13.2 Å². The minimum Gasteiger partial charge on any atom is -0.389 e. The van der Waals surface area contributed by atoms with Gasteiger partial charge in [0, 0.05) is 71.8 Å². The lowest BCUT2D eigenvalue weighted by Crippen LogP contribution is -2.49. The van der Waals surface area contributed by atoms with E-state index < -0.39 is 17.8 Å². The fraction of sp³-hybridized carbons (Fsp3) is 0.353. The first kappa shape index (κ1) is 34.1. The number of piperazine rings is 1. The van der Waals surface area contributed by atoms with Crippen molar-refractivity contribution in [3.05, 3.63) is 105 Å². The summed E-state index contributed by atoms with van der Waals surface area (Å²) in [5.41, 5.74) is 2.75. The highest BCUT2D eigenvalue weighted by Crippen LogP contribution is 2.32. The second kappa shape index (κ2) is 15.6. The molecule has 1 aliphatic rings. The van der Waals surface area contributed by atoms with Gasteiger partial charge in [-0.15, -0.1) is 0 Å². The number of benzene rings is 3. The molecule has 1 atom stereocenters.